The lowest BCUT2D eigenvalue weighted by atomic mass is 10.1. The molecule has 2 amide bonds. The van der Waals surface area contributed by atoms with Crippen molar-refractivity contribution in [3.63, 3.8) is 0 Å². The molecule has 1 saturated heterocycles. The number of aryl methyl sites for hydroxylation is 1. The Morgan fingerprint density at radius 3 is 2.79 bits per heavy atom. The summed E-state index contributed by atoms with van der Waals surface area (Å²) in [4.78, 5) is 25.1. The van der Waals surface area contributed by atoms with E-state index >= 15 is 0 Å². The van der Waals surface area contributed by atoms with Crippen LogP contribution < -0.4 is 10.2 Å². The molecule has 0 aliphatic carbocycles. The topological polar surface area (TPSA) is 49.4 Å². The lowest BCUT2D eigenvalue weighted by Crippen LogP contribution is -2.58. The van der Waals surface area contributed by atoms with Gasteiger partial charge in [0.05, 0.1) is 5.69 Å². The number of carbonyl (C=O) groups is 2. The zero-order chi connectivity index (χ0) is 14.0. The molecule has 1 fully saturated rings. The molecule has 19 heavy (non-hydrogen) atoms. The third-order valence-corrected chi connectivity index (χ3v) is 3.17. The lowest BCUT2D eigenvalue weighted by Gasteiger charge is -2.32. The lowest BCUT2D eigenvalue weighted by molar-refractivity contribution is -0.131. The molecule has 1 aliphatic heterocycles. The van der Waals surface area contributed by atoms with E-state index in [4.69, 9.17) is 0 Å². The van der Waals surface area contributed by atoms with E-state index in [1.54, 1.807) is 19.1 Å². The number of hydrogen-bond acceptors (Lipinski definition) is 2. The first-order valence-corrected chi connectivity index (χ1v) is 6.39. The molecular weight excluding hydrogens is 247 g/mol. The Kier molecular flexibility index (Phi) is 3.83. The van der Waals surface area contributed by atoms with Crippen LogP contribution in [0.5, 0.6) is 0 Å². The first kappa shape index (κ1) is 13.5. The van der Waals surface area contributed by atoms with Crippen LogP contribution in [0.15, 0.2) is 18.2 Å². The van der Waals surface area contributed by atoms with Gasteiger partial charge in [-0.3, -0.25) is 14.5 Å². The molecule has 1 aliphatic rings. The average molecular weight is 264 g/mol. The Morgan fingerprint density at radius 1 is 1.42 bits per heavy atom. The molecule has 2 rings (SSSR count). The van der Waals surface area contributed by atoms with E-state index in [0.29, 0.717) is 6.42 Å². The minimum absolute atomic E-state index is 0.126. The molecule has 0 radical (unpaired) electrons. The monoisotopic (exact) mass is 264 g/mol. The van der Waals surface area contributed by atoms with Gasteiger partial charge in [0.2, 0.25) is 11.8 Å². The van der Waals surface area contributed by atoms with Crippen molar-refractivity contribution < 1.29 is 14.0 Å². The van der Waals surface area contributed by atoms with Crippen molar-refractivity contribution >= 4 is 17.5 Å². The summed E-state index contributed by atoms with van der Waals surface area (Å²) >= 11 is 0. The normalized spacial score (nSPS) is 19.5. The highest BCUT2D eigenvalue weighted by Crippen LogP contribution is 2.23. The summed E-state index contributed by atoms with van der Waals surface area (Å²) in [6.45, 7) is 3.58. The summed E-state index contributed by atoms with van der Waals surface area (Å²) in [5.41, 5.74) is 0.951. The third-order valence-electron chi connectivity index (χ3n) is 3.17. The fraction of sp³-hybridized carbons (Fsp3) is 0.429. The minimum atomic E-state index is -0.549. The molecule has 1 N–H and O–H groups in total. The molecule has 0 spiro atoms. The predicted molar refractivity (Wildman–Crippen MR) is 70.3 cm³/mol. The fourth-order valence-electron chi connectivity index (χ4n) is 2.23. The zero-order valence-corrected chi connectivity index (χ0v) is 11.1. The van der Waals surface area contributed by atoms with Crippen LogP contribution in [0.2, 0.25) is 0 Å². The minimum Gasteiger partial charge on any atom is -0.343 e. The number of carbonyl (C=O) groups excluding carboxylic acids is 2. The molecule has 4 nitrogen and oxygen atoms in total. The largest absolute Gasteiger partial charge is 0.343 e. The third kappa shape index (κ3) is 2.75. The highest BCUT2D eigenvalue weighted by Gasteiger charge is 2.33. The second-order valence-corrected chi connectivity index (χ2v) is 4.79. The Morgan fingerprint density at radius 2 is 2.16 bits per heavy atom. The number of anilines is 1. The summed E-state index contributed by atoms with van der Waals surface area (Å²) in [6.07, 6.45) is 1.34. The number of piperazine rings is 1. The smallest absolute Gasteiger partial charge is 0.250 e. The van der Waals surface area contributed by atoms with Crippen molar-refractivity contribution in [2.45, 2.75) is 32.7 Å². The van der Waals surface area contributed by atoms with Gasteiger partial charge in [0.25, 0.3) is 0 Å². The van der Waals surface area contributed by atoms with Gasteiger partial charge in [0.1, 0.15) is 18.4 Å². The van der Waals surface area contributed by atoms with E-state index in [1.165, 1.54) is 11.0 Å². The number of amides is 2. The molecule has 0 bridgehead atoms. The second kappa shape index (κ2) is 5.38. The van der Waals surface area contributed by atoms with Crippen molar-refractivity contribution in [1.82, 2.24) is 5.32 Å². The van der Waals surface area contributed by atoms with Gasteiger partial charge in [-0.2, -0.15) is 0 Å². The molecule has 5 heteroatoms. The van der Waals surface area contributed by atoms with Crippen LogP contribution in [0.1, 0.15) is 25.3 Å². The van der Waals surface area contributed by atoms with Crippen molar-refractivity contribution in [2.75, 3.05) is 11.4 Å². The Labute approximate surface area is 111 Å². The van der Waals surface area contributed by atoms with Crippen LogP contribution >= 0.6 is 0 Å². The average Bonchev–Trinajstić information content (AvgIpc) is 2.34. The summed E-state index contributed by atoms with van der Waals surface area (Å²) in [5, 5.41) is 2.65. The molecule has 0 saturated carbocycles. The molecule has 102 valence electrons. The molecule has 1 aromatic carbocycles. The highest BCUT2D eigenvalue weighted by atomic mass is 19.1. The first-order chi connectivity index (χ1) is 9.02. The molecule has 0 aromatic heterocycles. The number of benzene rings is 1. The molecule has 1 unspecified atom stereocenters. The van der Waals surface area contributed by atoms with Gasteiger partial charge in [-0.1, -0.05) is 19.4 Å². The molecular formula is C14H17FN2O2. The van der Waals surface area contributed by atoms with Crippen molar-refractivity contribution in [1.29, 1.82) is 0 Å². The van der Waals surface area contributed by atoms with E-state index in [9.17, 15) is 14.0 Å². The maximum atomic E-state index is 13.9. The fourth-order valence-corrected chi connectivity index (χ4v) is 2.23. The summed E-state index contributed by atoms with van der Waals surface area (Å²) in [5.74, 6) is -0.972. The van der Waals surface area contributed by atoms with Crippen LogP contribution in [-0.2, 0) is 9.59 Å². The maximum Gasteiger partial charge on any atom is 0.250 e. The molecule has 1 aromatic rings. The van der Waals surface area contributed by atoms with Gasteiger partial charge >= 0.3 is 0 Å². The van der Waals surface area contributed by atoms with Gasteiger partial charge in [-0.05, 0) is 31.0 Å². The van der Waals surface area contributed by atoms with E-state index in [1.807, 2.05) is 6.92 Å². The SMILES string of the molecule is CCCC1NC(=O)CN(c2ccc(C)cc2F)C1=O. The second-order valence-electron chi connectivity index (χ2n) is 4.79. The van der Waals surface area contributed by atoms with E-state index in [-0.39, 0.29) is 24.0 Å². The number of nitrogens with zero attached hydrogens (tertiary/aromatic N) is 1. The van der Waals surface area contributed by atoms with Gasteiger partial charge in [-0.15, -0.1) is 0 Å². The van der Waals surface area contributed by atoms with Crippen molar-refractivity contribution in [3.05, 3.63) is 29.6 Å². The number of hydrogen-bond donors (Lipinski definition) is 1. The van der Waals surface area contributed by atoms with Gasteiger partial charge < -0.3 is 5.32 Å². The predicted octanol–water partition coefficient (Wildman–Crippen LogP) is 1.77. The standard InChI is InChI=1S/C14H17FN2O2/c1-3-4-11-14(19)17(8-13(18)16-11)12-6-5-9(2)7-10(12)15/h5-7,11H,3-4,8H2,1-2H3,(H,16,18). The maximum absolute atomic E-state index is 13.9. The first-order valence-electron chi connectivity index (χ1n) is 6.39. The highest BCUT2D eigenvalue weighted by molar-refractivity contribution is 6.06. The number of rotatable bonds is 3. The van der Waals surface area contributed by atoms with Crippen LogP contribution in [0.3, 0.4) is 0 Å². The van der Waals surface area contributed by atoms with Gasteiger partial charge in [-0.25, -0.2) is 4.39 Å². The van der Waals surface area contributed by atoms with Crippen molar-refractivity contribution in [2.24, 2.45) is 0 Å². The summed E-state index contributed by atoms with van der Waals surface area (Å²) in [7, 11) is 0. The van der Waals surface area contributed by atoms with E-state index < -0.39 is 11.9 Å². The van der Waals surface area contributed by atoms with Crippen LogP contribution in [0.4, 0.5) is 10.1 Å². The summed E-state index contributed by atoms with van der Waals surface area (Å²) < 4.78 is 13.9. The van der Waals surface area contributed by atoms with E-state index in [0.717, 1.165) is 12.0 Å². The molecule has 1 atom stereocenters. The van der Waals surface area contributed by atoms with Gasteiger partial charge in [0, 0.05) is 0 Å². The zero-order valence-electron chi connectivity index (χ0n) is 11.1. The summed E-state index contributed by atoms with van der Waals surface area (Å²) in [6, 6.07) is 4.09. The number of nitrogens with one attached hydrogen (secondary N) is 1. The van der Waals surface area contributed by atoms with Crippen LogP contribution in [0.25, 0.3) is 0 Å². The Bertz CT molecular complexity index is 516. The van der Waals surface area contributed by atoms with Crippen LogP contribution in [0, 0.1) is 12.7 Å². The van der Waals surface area contributed by atoms with E-state index in [2.05, 4.69) is 5.32 Å². The Hall–Kier alpha value is -1.91. The van der Waals surface area contributed by atoms with Gasteiger partial charge in [0.15, 0.2) is 0 Å². The Balaban J connectivity index is 2.31. The van der Waals surface area contributed by atoms with Crippen molar-refractivity contribution in [3.8, 4) is 0 Å². The van der Waals surface area contributed by atoms with Crippen LogP contribution in [-0.4, -0.2) is 24.4 Å². The quantitative estimate of drug-likeness (QED) is 0.904. The number of halogens is 1. The molecule has 1 heterocycles.